The number of halogens is 1. The van der Waals surface area contributed by atoms with Crippen LogP contribution in [0.25, 0.3) is 32.1 Å². The van der Waals surface area contributed by atoms with Gasteiger partial charge in [0, 0.05) is 29.0 Å². The Balaban J connectivity index is 1.98. The van der Waals surface area contributed by atoms with Gasteiger partial charge in [-0.3, -0.25) is 4.79 Å². The second kappa shape index (κ2) is 7.82. The predicted molar refractivity (Wildman–Crippen MR) is 116 cm³/mol. The molecule has 0 atom stereocenters. The number of nitrogens with one attached hydrogen (secondary N) is 1. The molecule has 0 fully saturated rings. The summed E-state index contributed by atoms with van der Waals surface area (Å²) in [4.78, 5) is 15.2. The summed E-state index contributed by atoms with van der Waals surface area (Å²) in [7, 11) is -2.17. The van der Waals surface area contributed by atoms with E-state index in [4.69, 9.17) is 9.84 Å². The van der Waals surface area contributed by atoms with Gasteiger partial charge in [0.2, 0.25) is 0 Å². The Morgan fingerprint density at radius 1 is 1.20 bits per heavy atom. The summed E-state index contributed by atoms with van der Waals surface area (Å²) < 4.78 is 45.4. The average molecular weight is 448 g/mol. The molecule has 6 nitrogen and oxygen atoms in total. The standard InChI is InChI=1S/C21H18FNO5S2/c1-28-19-15(22)11-16-18(14-7-9-29-20(14)21(25)23-16)17(19)12-3-5-13(6-4-12)30(26,27)10-2-8-24/h3-7,9,11,24H,2,8,10H2,1H3,(H,23,25). The van der Waals surface area contributed by atoms with Crippen molar-refractivity contribution in [3.8, 4) is 16.9 Å². The first-order valence-electron chi connectivity index (χ1n) is 9.11. The van der Waals surface area contributed by atoms with E-state index in [0.29, 0.717) is 32.1 Å². The fourth-order valence-corrected chi connectivity index (χ4v) is 5.64. The molecule has 9 heteroatoms. The summed E-state index contributed by atoms with van der Waals surface area (Å²) in [6, 6.07) is 9.11. The second-order valence-corrected chi connectivity index (χ2v) is 9.75. The van der Waals surface area contributed by atoms with E-state index in [1.807, 2.05) is 0 Å². The highest BCUT2D eigenvalue weighted by atomic mass is 32.2. The molecule has 0 bridgehead atoms. The zero-order chi connectivity index (χ0) is 21.5. The smallest absolute Gasteiger partial charge is 0.266 e. The van der Waals surface area contributed by atoms with Crippen molar-refractivity contribution in [1.29, 1.82) is 0 Å². The van der Waals surface area contributed by atoms with Crippen molar-refractivity contribution in [2.45, 2.75) is 11.3 Å². The molecule has 0 amide bonds. The molecule has 2 aromatic carbocycles. The molecule has 2 heterocycles. The Labute approximate surface area is 175 Å². The third-order valence-electron chi connectivity index (χ3n) is 4.90. The molecule has 0 aliphatic rings. The van der Waals surface area contributed by atoms with E-state index in [1.165, 1.54) is 36.6 Å². The van der Waals surface area contributed by atoms with Gasteiger partial charge >= 0.3 is 0 Å². The molecule has 156 valence electrons. The number of aliphatic hydroxyl groups excluding tert-OH is 1. The molecule has 0 saturated heterocycles. The Morgan fingerprint density at radius 3 is 2.60 bits per heavy atom. The largest absolute Gasteiger partial charge is 0.493 e. The van der Waals surface area contributed by atoms with Crippen LogP contribution in [0.4, 0.5) is 4.39 Å². The van der Waals surface area contributed by atoms with Crippen molar-refractivity contribution in [3.05, 3.63) is 57.9 Å². The van der Waals surface area contributed by atoms with Gasteiger partial charge in [-0.2, -0.15) is 0 Å². The SMILES string of the molecule is COc1c(F)cc2[nH]c(=O)c3sccc3c2c1-c1ccc(S(=O)(=O)CCCO)cc1. The molecule has 30 heavy (non-hydrogen) atoms. The Morgan fingerprint density at radius 2 is 1.93 bits per heavy atom. The van der Waals surface area contributed by atoms with Crippen molar-refractivity contribution in [2.24, 2.45) is 0 Å². The van der Waals surface area contributed by atoms with Gasteiger partial charge in [0.25, 0.3) is 5.56 Å². The maximum absolute atomic E-state index is 14.8. The Bertz CT molecular complexity index is 1410. The number of hydrogen-bond acceptors (Lipinski definition) is 6. The summed E-state index contributed by atoms with van der Waals surface area (Å²) in [6.45, 7) is -0.210. The predicted octanol–water partition coefficient (Wildman–Crippen LogP) is 3.71. The lowest BCUT2D eigenvalue weighted by atomic mass is 9.97. The Kier molecular flexibility index (Phi) is 5.35. The fourth-order valence-electron chi connectivity index (χ4n) is 3.55. The zero-order valence-electron chi connectivity index (χ0n) is 15.9. The summed E-state index contributed by atoms with van der Waals surface area (Å²) >= 11 is 1.29. The number of aromatic amines is 1. The average Bonchev–Trinajstić information content (AvgIpc) is 3.22. The van der Waals surface area contributed by atoms with Gasteiger partial charge in [-0.05, 0) is 35.6 Å². The highest BCUT2D eigenvalue weighted by Crippen LogP contribution is 2.42. The quantitative estimate of drug-likeness (QED) is 0.470. The van der Waals surface area contributed by atoms with E-state index in [0.717, 1.165) is 0 Å². The number of aromatic nitrogens is 1. The maximum Gasteiger partial charge on any atom is 0.266 e. The van der Waals surface area contributed by atoms with Crippen LogP contribution < -0.4 is 10.3 Å². The molecule has 0 saturated carbocycles. The topological polar surface area (TPSA) is 96.5 Å². The van der Waals surface area contributed by atoms with E-state index in [9.17, 15) is 17.6 Å². The number of hydrogen-bond donors (Lipinski definition) is 2. The number of fused-ring (bicyclic) bond motifs is 3. The van der Waals surface area contributed by atoms with Crippen molar-refractivity contribution < 1.29 is 22.7 Å². The van der Waals surface area contributed by atoms with E-state index in [1.54, 1.807) is 23.6 Å². The molecule has 4 aromatic rings. The number of methoxy groups -OCH3 is 1. The first-order chi connectivity index (χ1) is 14.4. The summed E-state index contributed by atoms with van der Waals surface area (Å²) in [5.74, 6) is -0.783. The van der Waals surface area contributed by atoms with Crippen LogP contribution in [0, 0.1) is 5.82 Å². The molecule has 0 spiro atoms. The van der Waals surface area contributed by atoms with Gasteiger partial charge in [0.1, 0.15) is 4.70 Å². The first-order valence-corrected chi connectivity index (χ1v) is 11.6. The number of sulfone groups is 1. The summed E-state index contributed by atoms with van der Waals surface area (Å²) in [5, 5.41) is 12.0. The molecular weight excluding hydrogens is 429 g/mol. The van der Waals surface area contributed by atoms with Gasteiger partial charge in [0.05, 0.1) is 23.3 Å². The van der Waals surface area contributed by atoms with Crippen LogP contribution in [-0.4, -0.2) is 38.0 Å². The van der Waals surface area contributed by atoms with Crippen molar-refractivity contribution in [1.82, 2.24) is 4.98 Å². The lowest BCUT2D eigenvalue weighted by Crippen LogP contribution is -2.08. The van der Waals surface area contributed by atoms with Crippen LogP contribution >= 0.6 is 11.3 Å². The number of pyridine rings is 1. The van der Waals surface area contributed by atoms with E-state index < -0.39 is 15.7 Å². The molecular formula is C21H18FNO5S2. The number of rotatable bonds is 6. The van der Waals surface area contributed by atoms with Crippen LogP contribution in [0.15, 0.2) is 51.5 Å². The fraction of sp³-hybridized carbons (Fsp3) is 0.190. The maximum atomic E-state index is 14.8. The highest BCUT2D eigenvalue weighted by Gasteiger charge is 2.21. The van der Waals surface area contributed by atoms with Crippen LogP contribution in [-0.2, 0) is 9.84 Å². The summed E-state index contributed by atoms with van der Waals surface area (Å²) in [6.07, 6.45) is 0.149. The molecule has 4 rings (SSSR count). The van der Waals surface area contributed by atoms with E-state index in [2.05, 4.69) is 4.98 Å². The van der Waals surface area contributed by atoms with Gasteiger partial charge in [-0.25, -0.2) is 12.8 Å². The molecule has 2 aromatic heterocycles. The lowest BCUT2D eigenvalue weighted by molar-refractivity contribution is 0.295. The number of thiophene rings is 1. The van der Waals surface area contributed by atoms with E-state index >= 15 is 0 Å². The van der Waals surface area contributed by atoms with Gasteiger partial charge < -0.3 is 14.8 Å². The minimum atomic E-state index is -3.53. The van der Waals surface area contributed by atoms with Gasteiger partial charge in [-0.1, -0.05) is 12.1 Å². The molecule has 0 unspecified atom stereocenters. The van der Waals surface area contributed by atoms with Crippen LogP contribution in [0.1, 0.15) is 6.42 Å². The van der Waals surface area contributed by atoms with Crippen molar-refractivity contribution >= 4 is 42.2 Å². The van der Waals surface area contributed by atoms with E-state index in [-0.39, 0.29) is 35.0 Å². The zero-order valence-corrected chi connectivity index (χ0v) is 17.6. The van der Waals surface area contributed by atoms with Gasteiger partial charge in [0.15, 0.2) is 21.4 Å². The third kappa shape index (κ3) is 3.38. The minimum Gasteiger partial charge on any atom is -0.493 e. The Hall–Kier alpha value is -2.75. The second-order valence-electron chi connectivity index (χ2n) is 6.73. The van der Waals surface area contributed by atoms with Crippen molar-refractivity contribution in [2.75, 3.05) is 19.5 Å². The first kappa shape index (κ1) is 20.5. The van der Waals surface area contributed by atoms with Gasteiger partial charge in [-0.15, -0.1) is 11.3 Å². The molecule has 0 aliphatic carbocycles. The molecule has 0 radical (unpaired) electrons. The monoisotopic (exact) mass is 447 g/mol. The van der Waals surface area contributed by atoms with Crippen LogP contribution in [0.5, 0.6) is 5.75 Å². The van der Waals surface area contributed by atoms with Crippen LogP contribution in [0.2, 0.25) is 0 Å². The number of H-pyrrole nitrogens is 1. The number of aliphatic hydroxyl groups is 1. The lowest BCUT2D eigenvalue weighted by Gasteiger charge is -2.15. The highest BCUT2D eigenvalue weighted by molar-refractivity contribution is 7.91. The normalized spacial score (nSPS) is 12.0. The number of ether oxygens (including phenoxy) is 1. The summed E-state index contributed by atoms with van der Waals surface area (Å²) in [5.41, 5.74) is 1.02. The minimum absolute atomic E-state index is 0.0120. The van der Waals surface area contributed by atoms with Crippen molar-refractivity contribution in [3.63, 3.8) is 0 Å². The molecule has 0 aliphatic heterocycles. The van der Waals surface area contributed by atoms with Crippen LogP contribution in [0.3, 0.4) is 0 Å². The number of benzene rings is 2. The third-order valence-corrected chi connectivity index (χ3v) is 7.63. The molecule has 2 N–H and O–H groups in total.